The lowest BCUT2D eigenvalue weighted by molar-refractivity contribution is 0.427. The van der Waals surface area contributed by atoms with Crippen LogP contribution in [0.1, 0.15) is 62.0 Å². The first-order valence-electron chi connectivity index (χ1n) is 6.32. The fourth-order valence-electron chi connectivity index (χ4n) is 2.52. The van der Waals surface area contributed by atoms with Crippen LogP contribution in [-0.2, 0) is 6.42 Å². The summed E-state index contributed by atoms with van der Waals surface area (Å²) in [5, 5.41) is 0. The highest BCUT2D eigenvalue weighted by Gasteiger charge is 2.18. The molecule has 2 nitrogen and oxygen atoms in total. The largest absolute Gasteiger partial charge is 0.347 e. The molecule has 0 spiro atoms. The second-order valence-electron chi connectivity index (χ2n) is 4.72. The molecule has 0 aliphatic heterocycles. The number of aromatic nitrogens is 2. The van der Waals surface area contributed by atoms with Crippen LogP contribution in [-0.4, -0.2) is 9.97 Å². The number of hydrogen-bond donors (Lipinski definition) is 1. The Labute approximate surface area is 103 Å². The van der Waals surface area contributed by atoms with Crippen molar-refractivity contribution < 1.29 is 0 Å². The van der Waals surface area contributed by atoms with Crippen molar-refractivity contribution in [1.82, 2.24) is 9.97 Å². The third kappa shape index (κ3) is 2.34. The summed E-state index contributed by atoms with van der Waals surface area (Å²) in [6, 6.07) is 0. The number of nitrogens with one attached hydrogen (secondary N) is 1. The third-order valence-corrected chi connectivity index (χ3v) is 4.02. The van der Waals surface area contributed by atoms with Gasteiger partial charge in [0, 0.05) is 17.2 Å². The Hall–Kier alpha value is -0.700. The van der Waals surface area contributed by atoms with Gasteiger partial charge in [-0.15, -0.1) is 0 Å². The molecule has 88 valence electrons. The van der Waals surface area contributed by atoms with Crippen molar-refractivity contribution in [2.75, 3.05) is 0 Å². The molecule has 1 N–H and O–H groups in total. The van der Waals surface area contributed by atoms with E-state index in [1.165, 1.54) is 37.8 Å². The molecule has 1 aliphatic carbocycles. The second-order valence-corrected chi connectivity index (χ2v) is 5.11. The van der Waals surface area contributed by atoms with Crippen LogP contribution in [0.4, 0.5) is 0 Å². The quantitative estimate of drug-likeness (QED) is 0.784. The van der Waals surface area contributed by atoms with E-state index >= 15 is 0 Å². The monoisotopic (exact) mass is 236 g/mol. The van der Waals surface area contributed by atoms with Gasteiger partial charge in [-0.3, -0.25) is 0 Å². The molecular formula is C13H20N2S. The van der Waals surface area contributed by atoms with Gasteiger partial charge in [-0.05, 0) is 26.2 Å². The van der Waals surface area contributed by atoms with Crippen LogP contribution in [0.3, 0.4) is 0 Å². The maximum absolute atomic E-state index is 5.33. The summed E-state index contributed by atoms with van der Waals surface area (Å²) in [4.78, 5) is 8.06. The number of rotatable bonds is 2. The summed E-state index contributed by atoms with van der Waals surface area (Å²) in [5.41, 5.74) is 2.41. The van der Waals surface area contributed by atoms with Gasteiger partial charge in [0.1, 0.15) is 10.5 Å². The maximum atomic E-state index is 5.33. The Morgan fingerprint density at radius 3 is 2.62 bits per heavy atom. The minimum absolute atomic E-state index is 0.612. The Kier molecular flexibility index (Phi) is 3.74. The molecule has 0 atom stereocenters. The predicted molar refractivity (Wildman–Crippen MR) is 69.4 cm³/mol. The molecule has 16 heavy (non-hydrogen) atoms. The zero-order valence-electron chi connectivity index (χ0n) is 10.2. The van der Waals surface area contributed by atoms with Gasteiger partial charge in [0.15, 0.2) is 0 Å². The Balaban J connectivity index is 2.33. The molecule has 0 unspecified atom stereocenters. The zero-order chi connectivity index (χ0) is 11.5. The van der Waals surface area contributed by atoms with Crippen molar-refractivity contribution in [2.45, 2.75) is 58.3 Å². The smallest absolute Gasteiger partial charge is 0.132 e. The predicted octanol–water partition coefficient (Wildman–Crippen LogP) is 4.06. The molecule has 2 rings (SSSR count). The number of aromatic amines is 1. The van der Waals surface area contributed by atoms with E-state index in [2.05, 4.69) is 23.8 Å². The molecule has 3 heteroatoms. The van der Waals surface area contributed by atoms with Crippen molar-refractivity contribution in [3.63, 3.8) is 0 Å². The van der Waals surface area contributed by atoms with E-state index in [4.69, 9.17) is 12.2 Å². The summed E-state index contributed by atoms with van der Waals surface area (Å²) in [5.74, 6) is 1.74. The molecule has 1 aromatic rings. The SMILES string of the molecule is CCc1[nH]c(C2CCCCC2)nc(=S)c1C. The minimum atomic E-state index is 0.612. The van der Waals surface area contributed by atoms with Crippen LogP contribution in [0.15, 0.2) is 0 Å². The van der Waals surface area contributed by atoms with Crippen molar-refractivity contribution in [3.8, 4) is 0 Å². The lowest BCUT2D eigenvalue weighted by Crippen LogP contribution is -2.11. The van der Waals surface area contributed by atoms with E-state index in [0.717, 1.165) is 22.4 Å². The molecule has 1 heterocycles. The zero-order valence-corrected chi connectivity index (χ0v) is 11.0. The van der Waals surface area contributed by atoms with Gasteiger partial charge in [0.05, 0.1) is 0 Å². The van der Waals surface area contributed by atoms with Crippen LogP contribution in [0.5, 0.6) is 0 Å². The molecule has 0 radical (unpaired) electrons. The molecular weight excluding hydrogens is 216 g/mol. The lowest BCUT2D eigenvalue weighted by Gasteiger charge is -2.21. The molecule has 0 aromatic carbocycles. The van der Waals surface area contributed by atoms with Crippen LogP contribution in [0.2, 0.25) is 0 Å². The van der Waals surface area contributed by atoms with Crippen molar-refractivity contribution in [1.29, 1.82) is 0 Å². The van der Waals surface area contributed by atoms with Gasteiger partial charge in [-0.1, -0.05) is 38.4 Å². The van der Waals surface area contributed by atoms with Crippen LogP contribution in [0.25, 0.3) is 0 Å². The average molecular weight is 236 g/mol. The Morgan fingerprint density at radius 2 is 2.00 bits per heavy atom. The van der Waals surface area contributed by atoms with Gasteiger partial charge in [0.25, 0.3) is 0 Å². The topological polar surface area (TPSA) is 28.7 Å². The fourth-order valence-corrected chi connectivity index (χ4v) is 2.74. The number of H-pyrrole nitrogens is 1. The summed E-state index contributed by atoms with van der Waals surface area (Å²) in [7, 11) is 0. The van der Waals surface area contributed by atoms with Gasteiger partial charge in [-0.25, -0.2) is 4.98 Å². The maximum Gasteiger partial charge on any atom is 0.132 e. The van der Waals surface area contributed by atoms with E-state index in [0.29, 0.717) is 5.92 Å². The Morgan fingerprint density at radius 1 is 1.31 bits per heavy atom. The van der Waals surface area contributed by atoms with Crippen molar-refractivity contribution >= 4 is 12.2 Å². The number of aryl methyl sites for hydroxylation is 1. The summed E-state index contributed by atoms with van der Waals surface area (Å²) < 4.78 is 0.788. The molecule has 1 aliphatic rings. The van der Waals surface area contributed by atoms with Gasteiger partial charge in [-0.2, -0.15) is 0 Å². The average Bonchev–Trinajstić information content (AvgIpc) is 2.33. The van der Waals surface area contributed by atoms with Crippen molar-refractivity contribution in [3.05, 3.63) is 21.7 Å². The highest BCUT2D eigenvalue weighted by molar-refractivity contribution is 7.71. The van der Waals surface area contributed by atoms with E-state index in [9.17, 15) is 0 Å². The number of hydrogen-bond acceptors (Lipinski definition) is 2. The molecule has 1 saturated carbocycles. The standard InChI is InChI=1S/C13H20N2S/c1-3-11-9(2)13(16)15-12(14-11)10-7-5-4-6-8-10/h10H,3-8H2,1-2H3,(H,14,15,16). The second kappa shape index (κ2) is 5.09. The summed E-state index contributed by atoms with van der Waals surface area (Å²) >= 11 is 5.33. The normalized spacial score (nSPS) is 17.6. The van der Waals surface area contributed by atoms with Gasteiger partial charge < -0.3 is 4.98 Å². The first kappa shape index (κ1) is 11.8. The Bertz CT molecular complexity index is 416. The molecule has 0 bridgehead atoms. The molecule has 0 saturated heterocycles. The first-order chi connectivity index (χ1) is 7.72. The van der Waals surface area contributed by atoms with Crippen LogP contribution < -0.4 is 0 Å². The van der Waals surface area contributed by atoms with E-state index in [-0.39, 0.29) is 0 Å². The highest BCUT2D eigenvalue weighted by atomic mass is 32.1. The van der Waals surface area contributed by atoms with E-state index < -0.39 is 0 Å². The van der Waals surface area contributed by atoms with Gasteiger partial charge >= 0.3 is 0 Å². The highest BCUT2D eigenvalue weighted by Crippen LogP contribution is 2.30. The summed E-state index contributed by atoms with van der Waals surface area (Å²) in [6.07, 6.45) is 7.60. The fraction of sp³-hybridized carbons (Fsp3) is 0.692. The van der Waals surface area contributed by atoms with Crippen molar-refractivity contribution in [2.24, 2.45) is 0 Å². The van der Waals surface area contributed by atoms with Crippen LogP contribution in [0, 0.1) is 11.6 Å². The van der Waals surface area contributed by atoms with Gasteiger partial charge in [0.2, 0.25) is 0 Å². The van der Waals surface area contributed by atoms with E-state index in [1.54, 1.807) is 0 Å². The minimum Gasteiger partial charge on any atom is -0.347 e. The van der Waals surface area contributed by atoms with Crippen LogP contribution >= 0.6 is 12.2 Å². The first-order valence-corrected chi connectivity index (χ1v) is 6.73. The van der Waals surface area contributed by atoms with E-state index in [1.807, 2.05) is 0 Å². The molecule has 1 fully saturated rings. The number of nitrogens with zero attached hydrogens (tertiary/aromatic N) is 1. The summed E-state index contributed by atoms with van der Waals surface area (Å²) in [6.45, 7) is 4.23. The molecule has 0 amide bonds. The lowest BCUT2D eigenvalue weighted by atomic mass is 9.88. The third-order valence-electron chi connectivity index (χ3n) is 3.62. The molecule has 1 aromatic heterocycles.